The van der Waals surface area contributed by atoms with Crippen LogP contribution >= 0.6 is 23.2 Å². The molecule has 0 saturated heterocycles. The van der Waals surface area contributed by atoms with E-state index >= 15 is 0 Å². The minimum Gasteiger partial charge on any atom is -0.506 e. The number of hydrogen-bond donors (Lipinski definition) is 3. The summed E-state index contributed by atoms with van der Waals surface area (Å²) >= 11 is 11.8. The lowest BCUT2D eigenvalue weighted by Crippen LogP contribution is -2.26. The zero-order valence-corrected chi connectivity index (χ0v) is 13.5. The molecular formula is C16H18Cl2N2O2. The van der Waals surface area contributed by atoms with Crippen LogP contribution in [0, 0.1) is 5.92 Å². The highest BCUT2D eigenvalue weighted by molar-refractivity contribution is 6.35. The van der Waals surface area contributed by atoms with Crippen molar-refractivity contribution in [3.05, 3.63) is 57.8 Å². The van der Waals surface area contributed by atoms with Gasteiger partial charge in [-0.3, -0.25) is 4.98 Å². The van der Waals surface area contributed by atoms with E-state index in [0.717, 1.165) is 5.69 Å². The number of nitrogens with zero attached hydrogens (tertiary/aromatic N) is 1. The summed E-state index contributed by atoms with van der Waals surface area (Å²) in [6, 6.07) is 8.89. The van der Waals surface area contributed by atoms with Crippen molar-refractivity contribution in [2.24, 2.45) is 5.92 Å². The van der Waals surface area contributed by atoms with Gasteiger partial charge in [0, 0.05) is 42.2 Å². The van der Waals surface area contributed by atoms with E-state index in [-0.39, 0.29) is 23.3 Å². The third kappa shape index (κ3) is 4.85. The van der Waals surface area contributed by atoms with E-state index in [1.54, 1.807) is 12.3 Å². The number of halogens is 2. The molecule has 0 aliphatic rings. The molecule has 1 atom stereocenters. The maximum atomic E-state index is 9.89. The number of aromatic nitrogens is 1. The zero-order valence-electron chi connectivity index (χ0n) is 12.0. The van der Waals surface area contributed by atoms with E-state index < -0.39 is 0 Å². The van der Waals surface area contributed by atoms with Crippen LogP contribution in [0.2, 0.25) is 10.0 Å². The van der Waals surface area contributed by atoms with E-state index in [1.165, 1.54) is 6.07 Å². The first-order valence-electron chi connectivity index (χ1n) is 6.98. The standard InChI is InChI=1S/C16H18Cl2N2O2/c17-13-6-12(16(22)15(18)7-13)9-19-8-11(10-21)5-14-3-1-2-4-20-14/h1-4,6-7,11,19,21-22H,5,8-10H2. The van der Waals surface area contributed by atoms with Crippen LogP contribution in [-0.4, -0.2) is 28.3 Å². The van der Waals surface area contributed by atoms with Crippen LogP contribution in [-0.2, 0) is 13.0 Å². The molecule has 0 amide bonds. The highest BCUT2D eigenvalue weighted by atomic mass is 35.5. The van der Waals surface area contributed by atoms with Crippen molar-refractivity contribution in [1.29, 1.82) is 0 Å². The SMILES string of the molecule is OCC(CNCc1cc(Cl)cc(Cl)c1O)Cc1ccccn1. The molecule has 0 aliphatic heterocycles. The number of phenols is 1. The molecule has 1 unspecified atom stereocenters. The first-order chi connectivity index (χ1) is 10.6. The smallest absolute Gasteiger partial charge is 0.138 e. The lowest BCUT2D eigenvalue weighted by atomic mass is 10.0. The fraction of sp³-hybridized carbons (Fsp3) is 0.312. The average Bonchev–Trinajstić information content (AvgIpc) is 2.51. The number of benzene rings is 1. The molecular weight excluding hydrogens is 323 g/mol. The Hall–Kier alpha value is -1.33. The third-order valence-corrected chi connectivity index (χ3v) is 3.84. The Balaban J connectivity index is 1.89. The van der Waals surface area contributed by atoms with Crippen LogP contribution in [0.5, 0.6) is 5.75 Å². The second kappa shape index (κ2) is 8.34. The number of pyridine rings is 1. The van der Waals surface area contributed by atoms with Gasteiger partial charge in [-0.2, -0.15) is 0 Å². The molecule has 0 aliphatic carbocycles. The average molecular weight is 341 g/mol. The number of rotatable bonds is 7. The third-order valence-electron chi connectivity index (χ3n) is 3.34. The normalized spacial score (nSPS) is 12.3. The Bertz CT molecular complexity index is 609. The Morgan fingerprint density at radius 2 is 2.05 bits per heavy atom. The largest absolute Gasteiger partial charge is 0.506 e. The van der Waals surface area contributed by atoms with Gasteiger partial charge in [-0.05, 0) is 36.6 Å². The van der Waals surface area contributed by atoms with Crippen molar-refractivity contribution in [3.8, 4) is 5.75 Å². The molecule has 22 heavy (non-hydrogen) atoms. The van der Waals surface area contributed by atoms with Gasteiger partial charge in [-0.25, -0.2) is 0 Å². The second-order valence-electron chi connectivity index (χ2n) is 5.10. The molecule has 2 aromatic rings. The summed E-state index contributed by atoms with van der Waals surface area (Å²) in [5.74, 6) is 0.0792. The molecule has 3 N–H and O–H groups in total. The van der Waals surface area contributed by atoms with E-state index in [0.29, 0.717) is 30.1 Å². The molecule has 0 spiro atoms. The summed E-state index contributed by atoms with van der Waals surface area (Å²) in [4.78, 5) is 4.26. The van der Waals surface area contributed by atoms with Crippen molar-refractivity contribution < 1.29 is 10.2 Å². The first-order valence-corrected chi connectivity index (χ1v) is 7.74. The predicted octanol–water partition coefficient (Wildman–Crippen LogP) is 3.03. The molecule has 0 radical (unpaired) electrons. The molecule has 4 nitrogen and oxygen atoms in total. The molecule has 1 aromatic heterocycles. The van der Waals surface area contributed by atoms with Gasteiger partial charge >= 0.3 is 0 Å². The fourth-order valence-corrected chi connectivity index (χ4v) is 2.72. The number of aliphatic hydroxyl groups excluding tert-OH is 1. The van der Waals surface area contributed by atoms with Crippen molar-refractivity contribution in [2.75, 3.05) is 13.2 Å². The van der Waals surface area contributed by atoms with Crippen LogP contribution in [0.15, 0.2) is 36.5 Å². The molecule has 0 saturated carbocycles. The molecule has 0 bridgehead atoms. The van der Waals surface area contributed by atoms with Gasteiger partial charge in [-0.1, -0.05) is 29.3 Å². The number of hydrogen-bond acceptors (Lipinski definition) is 4. The fourth-order valence-electron chi connectivity index (χ4n) is 2.18. The maximum Gasteiger partial charge on any atom is 0.138 e. The Morgan fingerprint density at radius 1 is 1.23 bits per heavy atom. The van der Waals surface area contributed by atoms with Crippen LogP contribution in [0.4, 0.5) is 0 Å². The van der Waals surface area contributed by atoms with Crippen molar-refractivity contribution in [3.63, 3.8) is 0 Å². The summed E-state index contributed by atoms with van der Waals surface area (Å²) < 4.78 is 0. The van der Waals surface area contributed by atoms with Crippen LogP contribution in [0.1, 0.15) is 11.3 Å². The Kier molecular flexibility index (Phi) is 6.46. The quantitative estimate of drug-likeness (QED) is 0.724. The van der Waals surface area contributed by atoms with Gasteiger partial charge in [0.05, 0.1) is 5.02 Å². The molecule has 2 rings (SSSR count). The van der Waals surface area contributed by atoms with Gasteiger partial charge in [0.15, 0.2) is 0 Å². The van der Waals surface area contributed by atoms with E-state index in [2.05, 4.69) is 10.3 Å². The van der Waals surface area contributed by atoms with Gasteiger partial charge in [0.1, 0.15) is 5.75 Å². The van der Waals surface area contributed by atoms with Gasteiger partial charge in [-0.15, -0.1) is 0 Å². The minimum atomic E-state index is 0.0313. The Labute approximate surface area is 139 Å². The van der Waals surface area contributed by atoms with Crippen molar-refractivity contribution in [1.82, 2.24) is 10.3 Å². The number of phenolic OH excluding ortho intramolecular Hbond substituents is 1. The van der Waals surface area contributed by atoms with Crippen molar-refractivity contribution >= 4 is 23.2 Å². The van der Waals surface area contributed by atoms with Gasteiger partial charge in [0.25, 0.3) is 0 Å². The Morgan fingerprint density at radius 3 is 2.73 bits per heavy atom. The number of nitrogens with one attached hydrogen (secondary N) is 1. The number of aliphatic hydroxyl groups is 1. The molecule has 1 aromatic carbocycles. The zero-order chi connectivity index (χ0) is 15.9. The van der Waals surface area contributed by atoms with E-state index in [1.807, 2.05) is 18.2 Å². The topological polar surface area (TPSA) is 65.4 Å². The summed E-state index contributed by atoms with van der Waals surface area (Å²) in [7, 11) is 0. The molecule has 0 fully saturated rings. The number of aromatic hydroxyl groups is 1. The minimum absolute atomic E-state index is 0.0313. The summed E-state index contributed by atoms with van der Waals surface area (Å²) in [6.07, 6.45) is 2.43. The van der Waals surface area contributed by atoms with Gasteiger partial charge in [0.2, 0.25) is 0 Å². The predicted molar refractivity (Wildman–Crippen MR) is 88.4 cm³/mol. The maximum absolute atomic E-state index is 9.89. The first kappa shape index (κ1) is 17.0. The van der Waals surface area contributed by atoms with E-state index in [9.17, 15) is 10.2 Å². The van der Waals surface area contributed by atoms with Gasteiger partial charge < -0.3 is 15.5 Å². The van der Waals surface area contributed by atoms with Crippen molar-refractivity contribution in [2.45, 2.75) is 13.0 Å². The highest BCUT2D eigenvalue weighted by Gasteiger charge is 2.11. The summed E-state index contributed by atoms with van der Waals surface area (Å²) in [5.41, 5.74) is 1.57. The van der Waals surface area contributed by atoms with Crippen LogP contribution in [0.25, 0.3) is 0 Å². The lowest BCUT2D eigenvalue weighted by Gasteiger charge is -2.15. The molecule has 118 valence electrons. The second-order valence-corrected chi connectivity index (χ2v) is 5.94. The summed E-state index contributed by atoms with van der Waals surface area (Å²) in [5, 5.41) is 23.3. The van der Waals surface area contributed by atoms with E-state index in [4.69, 9.17) is 23.2 Å². The lowest BCUT2D eigenvalue weighted by molar-refractivity contribution is 0.220. The molecule has 6 heteroatoms. The monoisotopic (exact) mass is 340 g/mol. The van der Waals surface area contributed by atoms with Crippen LogP contribution in [0.3, 0.4) is 0 Å². The summed E-state index contributed by atoms with van der Waals surface area (Å²) in [6.45, 7) is 1.08. The molecule has 1 heterocycles. The highest BCUT2D eigenvalue weighted by Crippen LogP contribution is 2.30. The van der Waals surface area contributed by atoms with Crippen LogP contribution < -0.4 is 5.32 Å².